The Morgan fingerprint density at radius 2 is 1.36 bits per heavy atom. The lowest BCUT2D eigenvalue weighted by Gasteiger charge is -2.10. The highest BCUT2D eigenvalue weighted by molar-refractivity contribution is 8.22. The predicted octanol–water partition coefficient (Wildman–Crippen LogP) is 7.82. The van der Waals surface area contributed by atoms with Crippen LogP contribution in [-0.2, 0) is 4.74 Å². The largest absolute Gasteiger partial charge is 0.492 e. The van der Waals surface area contributed by atoms with Crippen LogP contribution in [0.5, 0.6) is 0 Å². The Balaban J connectivity index is 1.99. The van der Waals surface area contributed by atoms with Crippen molar-refractivity contribution in [3.8, 4) is 22.8 Å². The number of nitrogens with zero attached hydrogens (tertiary/aromatic N) is 5. The van der Waals surface area contributed by atoms with E-state index in [9.17, 15) is 4.79 Å². The van der Waals surface area contributed by atoms with E-state index >= 15 is 0 Å². The van der Waals surface area contributed by atoms with Gasteiger partial charge in [-0.2, -0.15) is 0 Å². The maximum atomic E-state index is 13.2. The minimum absolute atomic E-state index is 0.132. The molecular formula is C29H35N5O2S3. The number of ketones is 1. The lowest BCUT2D eigenvalue weighted by Crippen LogP contribution is -2.02. The molecule has 0 N–H and O–H groups in total. The second-order valence-electron chi connectivity index (χ2n) is 8.38. The molecule has 3 aromatic rings. The van der Waals surface area contributed by atoms with E-state index < -0.39 is 0 Å². The van der Waals surface area contributed by atoms with Crippen LogP contribution in [0, 0.1) is 0 Å². The highest BCUT2D eigenvalue weighted by Gasteiger charge is 2.15. The molecule has 0 saturated carbocycles. The molecule has 206 valence electrons. The monoisotopic (exact) mass is 581 g/mol. The Morgan fingerprint density at radius 1 is 0.795 bits per heavy atom. The number of rotatable bonds is 16. The van der Waals surface area contributed by atoms with Crippen LogP contribution in [0.25, 0.3) is 28.5 Å². The third-order valence-corrected chi connectivity index (χ3v) is 9.05. The minimum atomic E-state index is -0.132. The normalized spacial score (nSPS) is 10.8. The molecule has 0 bridgehead atoms. The molecule has 0 fully saturated rings. The first-order chi connectivity index (χ1) is 19.0. The van der Waals surface area contributed by atoms with Crippen molar-refractivity contribution in [2.45, 2.75) is 51.9 Å². The van der Waals surface area contributed by atoms with Crippen LogP contribution in [0.15, 0.2) is 58.7 Å². The number of aromatic nitrogens is 5. The lowest BCUT2D eigenvalue weighted by molar-refractivity contribution is 0.104. The van der Waals surface area contributed by atoms with E-state index in [1.807, 2.05) is 25.1 Å². The third-order valence-electron chi connectivity index (χ3n) is 5.13. The standard InChI is InChI=1S/C29H35N5O2S3/c1-6-10-37-21-13-25(23-15-22(30-18-31-23)20(5)36-9-4)34-26(14-21)24-16-27(33-19-32-24)28(35)17-29(38-11-7-2)39-12-8-3/h13-19H,5-12H2,1-4H3. The van der Waals surface area contributed by atoms with E-state index in [-0.39, 0.29) is 5.78 Å². The molecule has 0 unspecified atom stereocenters. The van der Waals surface area contributed by atoms with Gasteiger partial charge in [0.1, 0.15) is 29.8 Å². The first-order valence-electron chi connectivity index (χ1n) is 13.1. The summed E-state index contributed by atoms with van der Waals surface area (Å²) in [4.78, 5) is 36.6. The molecule has 3 heterocycles. The minimum Gasteiger partial charge on any atom is -0.492 e. The Bertz CT molecular complexity index is 1290. The molecule has 0 amide bonds. The van der Waals surface area contributed by atoms with Gasteiger partial charge in [0, 0.05) is 15.2 Å². The molecule has 3 aromatic heterocycles. The quantitative estimate of drug-likeness (QED) is 0.0721. The number of carbonyl (C=O) groups excluding carboxylic acids is 1. The van der Waals surface area contributed by atoms with Crippen molar-refractivity contribution in [1.82, 2.24) is 24.9 Å². The fraction of sp³-hybridized carbons (Fsp3) is 0.379. The molecule has 0 aliphatic rings. The Hall–Kier alpha value is -2.69. The zero-order valence-corrected chi connectivity index (χ0v) is 25.4. The summed E-state index contributed by atoms with van der Waals surface area (Å²) in [5, 5.41) is 0. The number of hydrogen-bond acceptors (Lipinski definition) is 10. The molecule has 10 heteroatoms. The van der Waals surface area contributed by atoms with Crippen molar-refractivity contribution >= 4 is 46.8 Å². The van der Waals surface area contributed by atoms with Gasteiger partial charge < -0.3 is 4.74 Å². The van der Waals surface area contributed by atoms with E-state index in [4.69, 9.17) is 9.72 Å². The Labute approximate surface area is 244 Å². The molecule has 0 aliphatic carbocycles. The van der Waals surface area contributed by atoms with Gasteiger partial charge in [0.2, 0.25) is 5.78 Å². The van der Waals surface area contributed by atoms with Gasteiger partial charge in [-0.15, -0.1) is 35.3 Å². The van der Waals surface area contributed by atoms with Gasteiger partial charge in [0.05, 0.1) is 29.4 Å². The molecule has 39 heavy (non-hydrogen) atoms. The maximum absolute atomic E-state index is 13.2. The molecule has 0 radical (unpaired) electrons. The Morgan fingerprint density at radius 3 is 1.92 bits per heavy atom. The van der Waals surface area contributed by atoms with Crippen LogP contribution < -0.4 is 0 Å². The fourth-order valence-electron chi connectivity index (χ4n) is 3.31. The maximum Gasteiger partial charge on any atom is 0.205 e. The Kier molecular flexibility index (Phi) is 13.0. The summed E-state index contributed by atoms with van der Waals surface area (Å²) in [6, 6.07) is 7.55. The second kappa shape index (κ2) is 16.4. The van der Waals surface area contributed by atoms with E-state index in [1.165, 1.54) is 12.7 Å². The van der Waals surface area contributed by atoms with Crippen LogP contribution in [0.3, 0.4) is 0 Å². The van der Waals surface area contributed by atoms with Gasteiger partial charge in [-0.05, 0) is 67.7 Å². The second-order valence-corrected chi connectivity index (χ2v) is 12.1. The molecule has 7 nitrogen and oxygen atoms in total. The van der Waals surface area contributed by atoms with Gasteiger partial charge in [-0.1, -0.05) is 27.4 Å². The summed E-state index contributed by atoms with van der Waals surface area (Å²) in [7, 11) is 0. The van der Waals surface area contributed by atoms with Crippen LogP contribution in [-0.4, -0.2) is 54.6 Å². The molecule has 0 atom stereocenters. The van der Waals surface area contributed by atoms with Gasteiger partial charge in [-0.25, -0.2) is 24.9 Å². The number of ether oxygens (including phenoxy) is 1. The van der Waals surface area contributed by atoms with E-state index in [1.54, 1.807) is 47.4 Å². The number of thioether (sulfide) groups is 3. The van der Waals surface area contributed by atoms with E-state index in [2.05, 4.69) is 47.3 Å². The molecule has 0 aromatic carbocycles. The topological polar surface area (TPSA) is 90.8 Å². The van der Waals surface area contributed by atoms with Crippen molar-refractivity contribution in [3.05, 3.63) is 65.2 Å². The zero-order chi connectivity index (χ0) is 28.0. The van der Waals surface area contributed by atoms with E-state index in [0.717, 1.165) is 45.7 Å². The zero-order valence-electron chi connectivity index (χ0n) is 23.0. The van der Waals surface area contributed by atoms with Crippen molar-refractivity contribution in [2.24, 2.45) is 0 Å². The summed E-state index contributed by atoms with van der Waals surface area (Å²) in [6.07, 6.45) is 7.75. The molecule has 0 saturated heterocycles. The van der Waals surface area contributed by atoms with Gasteiger partial charge in [0.15, 0.2) is 0 Å². The number of hydrogen-bond donors (Lipinski definition) is 0. The number of pyridine rings is 1. The molecule has 3 rings (SSSR count). The smallest absolute Gasteiger partial charge is 0.205 e. The lowest BCUT2D eigenvalue weighted by atomic mass is 10.1. The highest BCUT2D eigenvalue weighted by atomic mass is 32.2. The van der Waals surface area contributed by atoms with Crippen LogP contribution in [0.1, 0.15) is 63.1 Å². The van der Waals surface area contributed by atoms with Gasteiger partial charge in [0.25, 0.3) is 0 Å². The summed E-state index contributed by atoms with van der Waals surface area (Å²) in [6.45, 7) is 12.8. The number of carbonyl (C=O) groups is 1. The molecule has 0 aliphatic heterocycles. The summed E-state index contributed by atoms with van der Waals surface area (Å²) in [5.41, 5.74) is 3.52. The third kappa shape index (κ3) is 9.47. The number of allylic oxidation sites excluding steroid dienone is 1. The predicted molar refractivity (Wildman–Crippen MR) is 166 cm³/mol. The fourth-order valence-corrected chi connectivity index (χ4v) is 6.17. The average Bonchev–Trinajstić information content (AvgIpc) is 2.97. The first-order valence-corrected chi connectivity index (χ1v) is 16.1. The summed E-state index contributed by atoms with van der Waals surface area (Å²) in [5.74, 6) is 3.27. The highest BCUT2D eigenvalue weighted by Crippen LogP contribution is 2.31. The SMILES string of the molecule is C=C(OCC)c1cc(-c2cc(SCCC)cc(-c3cc(C(=O)C=C(SCCC)SCCC)ncn3)n2)ncn1. The molecule has 0 spiro atoms. The summed E-state index contributed by atoms with van der Waals surface area (Å²) >= 11 is 5.18. The van der Waals surface area contributed by atoms with Crippen molar-refractivity contribution in [2.75, 3.05) is 23.9 Å². The van der Waals surface area contributed by atoms with Crippen LogP contribution in [0.2, 0.25) is 0 Å². The van der Waals surface area contributed by atoms with Crippen molar-refractivity contribution in [3.63, 3.8) is 0 Å². The molecular weight excluding hydrogens is 547 g/mol. The van der Waals surface area contributed by atoms with E-state index in [0.29, 0.717) is 46.5 Å². The average molecular weight is 582 g/mol. The van der Waals surface area contributed by atoms with Gasteiger partial charge >= 0.3 is 0 Å². The first kappa shape index (κ1) is 30.8. The summed E-state index contributed by atoms with van der Waals surface area (Å²) < 4.78 is 6.55. The van der Waals surface area contributed by atoms with Crippen molar-refractivity contribution < 1.29 is 9.53 Å². The van der Waals surface area contributed by atoms with Crippen LogP contribution >= 0.6 is 35.3 Å². The van der Waals surface area contributed by atoms with Gasteiger partial charge in [-0.3, -0.25) is 4.79 Å². The van der Waals surface area contributed by atoms with Crippen LogP contribution in [0.4, 0.5) is 0 Å². The van der Waals surface area contributed by atoms with Crippen molar-refractivity contribution in [1.29, 1.82) is 0 Å².